The highest BCUT2D eigenvalue weighted by Gasteiger charge is 2.21. The lowest BCUT2D eigenvalue weighted by Crippen LogP contribution is -2.03. The first kappa shape index (κ1) is 14.7. The van der Waals surface area contributed by atoms with Crippen LogP contribution in [0.3, 0.4) is 0 Å². The van der Waals surface area contributed by atoms with Gasteiger partial charge in [0.1, 0.15) is 0 Å². The van der Waals surface area contributed by atoms with E-state index in [9.17, 15) is 5.11 Å². The van der Waals surface area contributed by atoms with E-state index in [4.69, 9.17) is 0 Å². The Labute approximate surface area is 127 Å². The fourth-order valence-corrected chi connectivity index (χ4v) is 5.85. The van der Waals surface area contributed by atoms with Gasteiger partial charge in [-0.2, -0.15) is 11.8 Å². The van der Waals surface area contributed by atoms with Crippen LogP contribution in [0.25, 0.3) is 0 Å². The Hall–Kier alpha value is 0.320. The number of thiol groups is 1. The van der Waals surface area contributed by atoms with Gasteiger partial charge >= 0.3 is 0 Å². The van der Waals surface area contributed by atoms with Gasteiger partial charge in [-0.3, -0.25) is 0 Å². The average Bonchev–Trinajstić information content (AvgIpc) is 2.78. The van der Waals surface area contributed by atoms with Gasteiger partial charge < -0.3 is 5.11 Å². The molecule has 98 valence electrons. The molecule has 0 aliphatic carbocycles. The van der Waals surface area contributed by atoms with Crippen molar-refractivity contribution in [3.05, 3.63) is 40.1 Å². The molecule has 0 spiro atoms. The van der Waals surface area contributed by atoms with Gasteiger partial charge in [0.05, 0.1) is 10.7 Å². The Morgan fingerprint density at radius 3 is 2.94 bits per heavy atom. The van der Waals surface area contributed by atoms with E-state index in [-0.39, 0.29) is 6.10 Å². The van der Waals surface area contributed by atoms with Gasteiger partial charge in [-0.1, -0.05) is 18.2 Å². The first-order chi connectivity index (χ1) is 8.66. The van der Waals surface area contributed by atoms with Crippen LogP contribution >= 0.6 is 47.9 Å². The summed E-state index contributed by atoms with van der Waals surface area (Å²) in [6, 6.07) is 8.27. The minimum Gasteiger partial charge on any atom is -0.393 e. The second-order valence-electron chi connectivity index (χ2n) is 4.09. The highest BCUT2D eigenvalue weighted by atomic mass is 32.2. The molecule has 1 aliphatic heterocycles. The molecule has 0 aromatic heterocycles. The van der Waals surface area contributed by atoms with Gasteiger partial charge in [0.25, 0.3) is 0 Å². The minimum atomic E-state index is -0.219. The van der Waals surface area contributed by atoms with Crippen molar-refractivity contribution in [2.24, 2.45) is 0 Å². The highest BCUT2D eigenvalue weighted by molar-refractivity contribution is 8.22. The van der Waals surface area contributed by atoms with Crippen molar-refractivity contribution in [2.75, 3.05) is 11.5 Å². The van der Waals surface area contributed by atoms with Crippen molar-refractivity contribution >= 4 is 47.9 Å². The molecule has 0 bridgehead atoms. The normalized spacial score (nSPS) is 20.8. The van der Waals surface area contributed by atoms with E-state index in [1.807, 2.05) is 42.6 Å². The van der Waals surface area contributed by atoms with Crippen molar-refractivity contribution in [3.8, 4) is 0 Å². The Morgan fingerprint density at radius 1 is 1.44 bits per heavy atom. The monoisotopic (exact) mass is 316 g/mol. The van der Waals surface area contributed by atoms with Gasteiger partial charge in [0.2, 0.25) is 0 Å². The summed E-state index contributed by atoms with van der Waals surface area (Å²) in [5.41, 5.74) is 1.29. The first-order valence-corrected chi connectivity index (χ1v) is 9.14. The molecule has 18 heavy (non-hydrogen) atoms. The van der Waals surface area contributed by atoms with Crippen molar-refractivity contribution < 1.29 is 5.11 Å². The van der Waals surface area contributed by atoms with Crippen molar-refractivity contribution in [2.45, 2.75) is 22.5 Å². The average molecular weight is 317 g/mol. The SMILES string of the molecule is CC(O)CSCC1=CSC(c2ccccc2S)S1. The molecular weight excluding hydrogens is 300 g/mol. The lowest BCUT2D eigenvalue weighted by molar-refractivity contribution is 0.220. The molecule has 0 radical (unpaired) electrons. The summed E-state index contributed by atoms with van der Waals surface area (Å²) in [7, 11) is 0. The first-order valence-electron chi connectivity index (χ1n) is 5.71. The van der Waals surface area contributed by atoms with Crippen molar-refractivity contribution in [1.29, 1.82) is 0 Å². The topological polar surface area (TPSA) is 20.2 Å². The van der Waals surface area contributed by atoms with E-state index >= 15 is 0 Å². The Balaban J connectivity index is 1.86. The van der Waals surface area contributed by atoms with Gasteiger partial charge in [0, 0.05) is 21.3 Å². The predicted octanol–water partition coefficient (Wildman–Crippen LogP) is 4.41. The van der Waals surface area contributed by atoms with Crippen LogP contribution in [0.4, 0.5) is 0 Å². The molecule has 1 heterocycles. The number of benzene rings is 1. The fourth-order valence-electron chi connectivity index (χ4n) is 1.55. The molecule has 0 fully saturated rings. The quantitative estimate of drug-likeness (QED) is 0.784. The van der Waals surface area contributed by atoms with Crippen LogP contribution in [0.5, 0.6) is 0 Å². The van der Waals surface area contributed by atoms with Crippen LogP contribution < -0.4 is 0 Å². The summed E-state index contributed by atoms with van der Waals surface area (Å²) >= 11 is 10.1. The third-order valence-electron chi connectivity index (χ3n) is 2.38. The van der Waals surface area contributed by atoms with E-state index < -0.39 is 0 Å². The lowest BCUT2D eigenvalue weighted by atomic mass is 10.2. The number of rotatable bonds is 5. The maximum absolute atomic E-state index is 9.23. The standard InChI is InChI=1S/C13H16OS4/c1-9(14)6-16-7-10-8-17-13(18-10)11-4-2-3-5-12(11)15/h2-5,8-9,13-15H,6-7H2,1H3. The van der Waals surface area contributed by atoms with E-state index in [2.05, 4.69) is 30.2 Å². The zero-order valence-corrected chi connectivity index (χ0v) is 13.4. The zero-order valence-electron chi connectivity index (χ0n) is 10.1. The van der Waals surface area contributed by atoms with Crippen molar-refractivity contribution in [3.63, 3.8) is 0 Å². The number of aliphatic hydroxyl groups is 1. The van der Waals surface area contributed by atoms with Gasteiger partial charge in [-0.25, -0.2) is 0 Å². The molecule has 1 N–H and O–H groups in total. The summed E-state index contributed by atoms with van der Waals surface area (Å²) in [5.74, 6) is 1.80. The maximum atomic E-state index is 9.23. The van der Waals surface area contributed by atoms with Crippen LogP contribution in [-0.4, -0.2) is 22.7 Å². The molecule has 1 nitrogen and oxygen atoms in total. The Kier molecular flexibility index (Phi) is 5.89. The van der Waals surface area contributed by atoms with Gasteiger partial charge in [-0.15, -0.1) is 36.2 Å². The van der Waals surface area contributed by atoms with E-state index in [1.54, 1.807) is 11.8 Å². The van der Waals surface area contributed by atoms with Crippen LogP contribution in [0, 0.1) is 0 Å². The summed E-state index contributed by atoms with van der Waals surface area (Å²) in [5, 5.41) is 11.5. The number of thioether (sulfide) groups is 3. The van der Waals surface area contributed by atoms with Gasteiger partial charge in [0.15, 0.2) is 0 Å². The number of aliphatic hydroxyl groups excluding tert-OH is 1. The van der Waals surface area contributed by atoms with E-state index in [0.717, 1.165) is 16.4 Å². The van der Waals surface area contributed by atoms with Crippen molar-refractivity contribution in [1.82, 2.24) is 0 Å². The van der Waals surface area contributed by atoms with Crippen LogP contribution in [0.1, 0.15) is 17.1 Å². The third-order valence-corrected chi connectivity index (χ3v) is 6.92. The summed E-state index contributed by atoms with van der Waals surface area (Å²) in [6.45, 7) is 1.83. The second kappa shape index (κ2) is 7.20. The molecule has 0 saturated heterocycles. The Bertz CT molecular complexity index is 431. The third kappa shape index (κ3) is 4.17. The fraction of sp³-hybridized carbons (Fsp3) is 0.385. The van der Waals surface area contributed by atoms with Crippen LogP contribution in [0.2, 0.25) is 0 Å². The molecule has 0 saturated carbocycles. The van der Waals surface area contributed by atoms with Gasteiger partial charge in [-0.05, 0) is 24.0 Å². The predicted molar refractivity (Wildman–Crippen MR) is 88.7 cm³/mol. The van der Waals surface area contributed by atoms with E-state index in [1.165, 1.54) is 10.5 Å². The molecule has 1 aromatic carbocycles. The molecule has 2 atom stereocenters. The number of hydrogen-bond acceptors (Lipinski definition) is 5. The molecule has 5 heteroatoms. The van der Waals surface area contributed by atoms with Crippen LogP contribution in [-0.2, 0) is 0 Å². The molecule has 2 rings (SSSR count). The molecule has 1 aromatic rings. The second-order valence-corrected chi connectivity index (χ2v) is 8.11. The zero-order chi connectivity index (χ0) is 13.0. The molecule has 2 unspecified atom stereocenters. The Morgan fingerprint density at radius 2 is 2.22 bits per heavy atom. The van der Waals surface area contributed by atoms with E-state index in [0.29, 0.717) is 4.58 Å². The van der Waals surface area contributed by atoms with Crippen LogP contribution in [0.15, 0.2) is 39.5 Å². The molecule has 0 amide bonds. The summed E-state index contributed by atoms with van der Waals surface area (Å²) < 4.78 is 0.431. The lowest BCUT2D eigenvalue weighted by Gasteiger charge is -2.12. The molecular formula is C13H16OS4. The summed E-state index contributed by atoms with van der Waals surface area (Å²) in [4.78, 5) is 2.46. The minimum absolute atomic E-state index is 0.219. The summed E-state index contributed by atoms with van der Waals surface area (Å²) in [6.07, 6.45) is -0.219. The largest absolute Gasteiger partial charge is 0.393 e. The smallest absolute Gasteiger partial charge is 0.0847 e. The molecule has 1 aliphatic rings. The maximum Gasteiger partial charge on any atom is 0.0847 e. The highest BCUT2D eigenvalue weighted by Crippen LogP contribution is 2.52. The number of hydrogen-bond donors (Lipinski definition) is 2.